The van der Waals surface area contributed by atoms with Crippen molar-refractivity contribution in [2.24, 2.45) is 0 Å². The number of aliphatic hydroxyl groups is 1. The van der Waals surface area contributed by atoms with Crippen LogP contribution in [0.3, 0.4) is 0 Å². The molecule has 0 spiro atoms. The van der Waals surface area contributed by atoms with E-state index in [4.69, 9.17) is 21.1 Å². The van der Waals surface area contributed by atoms with Gasteiger partial charge >= 0.3 is 17.9 Å². The lowest BCUT2D eigenvalue weighted by Gasteiger charge is -2.27. The summed E-state index contributed by atoms with van der Waals surface area (Å²) in [7, 11) is 1.26. The van der Waals surface area contributed by atoms with Crippen LogP contribution in [0.15, 0.2) is 47.1 Å². The van der Waals surface area contributed by atoms with Crippen molar-refractivity contribution in [2.75, 3.05) is 7.11 Å². The molecular formula is C25H33ClO8. The van der Waals surface area contributed by atoms with Gasteiger partial charge in [0.2, 0.25) is 5.78 Å². The third-order valence-corrected chi connectivity index (χ3v) is 5.26. The first-order valence-corrected chi connectivity index (χ1v) is 11.5. The highest BCUT2D eigenvalue weighted by Crippen LogP contribution is 2.37. The van der Waals surface area contributed by atoms with E-state index in [1.807, 2.05) is 25.2 Å². The molecule has 188 valence electrons. The van der Waals surface area contributed by atoms with E-state index in [1.165, 1.54) is 33.1 Å². The van der Waals surface area contributed by atoms with Crippen LogP contribution in [0.5, 0.6) is 0 Å². The zero-order valence-electron chi connectivity index (χ0n) is 20.0. The number of carbonyl (C=O) groups excluding carboxylic acids is 4. The van der Waals surface area contributed by atoms with E-state index in [2.05, 4.69) is 4.74 Å². The van der Waals surface area contributed by atoms with Crippen LogP contribution in [0.1, 0.15) is 59.3 Å². The third kappa shape index (κ3) is 9.65. The average molecular weight is 497 g/mol. The van der Waals surface area contributed by atoms with Crippen LogP contribution in [0, 0.1) is 0 Å². The van der Waals surface area contributed by atoms with Crippen LogP contribution in [0.2, 0.25) is 0 Å². The highest BCUT2D eigenvalue weighted by Gasteiger charge is 2.42. The molecule has 2 unspecified atom stereocenters. The molecule has 0 radical (unpaired) electrons. The number of Topliss-reactive ketones (excluding diaryl/α,β-unsaturated/α-hetero) is 1. The molecule has 0 heterocycles. The smallest absolute Gasteiger partial charge is 0.305 e. The van der Waals surface area contributed by atoms with Crippen LogP contribution >= 0.6 is 11.6 Å². The fourth-order valence-corrected chi connectivity index (χ4v) is 3.68. The number of ketones is 1. The molecule has 9 heteroatoms. The molecule has 1 aliphatic carbocycles. The maximum absolute atomic E-state index is 12.7. The Labute approximate surface area is 205 Å². The summed E-state index contributed by atoms with van der Waals surface area (Å²) in [5.74, 6) is -2.37. The largest absolute Gasteiger partial charge is 0.469 e. The van der Waals surface area contributed by atoms with Gasteiger partial charge in [0, 0.05) is 32.3 Å². The lowest BCUT2D eigenvalue weighted by atomic mass is 9.90. The van der Waals surface area contributed by atoms with E-state index < -0.39 is 41.5 Å². The summed E-state index contributed by atoms with van der Waals surface area (Å²) in [5, 5.41) is 11.0. The maximum Gasteiger partial charge on any atom is 0.305 e. The van der Waals surface area contributed by atoms with E-state index in [-0.39, 0.29) is 36.3 Å². The van der Waals surface area contributed by atoms with E-state index >= 15 is 0 Å². The molecule has 34 heavy (non-hydrogen) atoms. The molecule has 8 nitrogen and oxygen atoms in total. The minimum atomic E-state index is -1.72. The molecule has 0 saturated heterocycles. The van der Waals surface area contributed by atoms with Gasteiger partial charge in [-0.05, 0) is 37.8 Å². The third-order valence-electron chi connectivity index (χ3n) is 4.98. The molecule has 0 aromatic carbocycles. The summed E-state index contributed by atoms with van der Waals surface area (Å²) in [4.78, 5) is 47.7. The second-order valence-electron chi connectivity index (χ2n) is 7.81. The Bertz CT molecular complexity index is 870. The number of hydrogen-bond acceptors (Lipinski definition) is 8. The molecule has 1 N–H and O–H groups in total. The SMILES string of the molecule is CC/C=C\C/C=C\C[C@@]1(O)C=C(Cl)C(=O)/C1=C/C(OC(C)=O)C(CCCC(=O)OC)OC(C)=O. The molecule has 0 saturated carbocycles. The standard InChI is InChI=1S/C25H33ClO8/c1-5-6-7-8-9-10-14-25(31)16-20(26)24(30)19(25)15-22(34-18(3)28)21(33-17(2)27)12-11-13-23(29)32-4/h6-7,9-10,15-16,21-22,31H,5,8,11-14H2,1-4H3/b7-6-,10-9-,19-15-/t21?,22?,25-/m1/s1. The molecule has 0 amide bonds. The summed E-state index contributed by atoms with van der Waals surface area (Å²) in [6.45, 7) is 4.39. The van der Waals surface area contributed by atoms with Gasteiger partial charge in [0.05, 0.1) is 12.1 Å². The molecular weight excluding hydrogens is 464 g/mol. The van der Waals surface area contributed by atoms with Crippen molar-refractivity contribution in [1.29, 1.82) is 0 Å². The van der Waals surface area contributed by atoms with Crippen molar-refractivity contribution in [2.45, 2.75) is 77.1 Å². The maximum atomic E-state index is 12.7. The van der Waals surface area contributed by atoms with Crippen molar-refractivity contribution < 1.29 is 38.5 Å². The van der Waals surface area contributed by atoms with Crippen LogP contribution in [-0.2, 0) is 33.4 Å². The number of hydrogen-bond donors (Lipinski definition) is 1. The zero-order valence-corrected chi connectivity index (χ0v) is 20.8. The van der Waals surface area contributed by atoms with Crippen LogP contribution < -0.4 is 0 Å². The predicted octanol–water partition coefficient (Wildman–Crippen LogP) is 3.86. The van der Waals surface area contributed by atoms with Gasteiger partial charge < -0.3 is 19.3 Å². The number of carbonyl (C=O) groups is 4. The van der Waals surface area contributed by atoms with Crippen molar-refractivity contribution in [3.8, 4) is 0 Å². The number of halogens is 1. The Hall–Kier alpha value is -2.71. The molecule has 1 aliphatic rings. The van der Waals surface area contributed by atoms with Crippen molar-refractivity contribution >= 4 is 35.3 Å². The number of esters is 3. The normalized spacial score (nSPS) is 21.1. The van der Waals surface area contributed by atoms with Gasteiger partial charge in [-0.25, -0.2) is 0 Å². The van der Waals surface area contributed by atoms with E-state index in [9.17, 15) is 24.3 Å². The number of allylic oxidation sites excluding steroid dienone is 4. The fourth-order valence-electron chi connectivity index (χ4n) is 3.39. The van der Waals surface area contributed by atoms with E-state index in [0.29, 0.717) is 6.42 Å². The summed E-state index contributed by atoms with van der Waals surface area (Å²) >= 11 is 6.04. The molecule has 0 bridgehead atoms. The first-order valence-electron chi connectivity index (χ1n) is 11.1. The topological polar surface area (TPSA) is 116 Å². The van der Waals surface area contributed by atoms with Gasteiger partial charge in [-0.2, -0.15) is 0 Å². The van der Waals surface area contributed by atoms with Gasteiger partial charge in [-0.15, -0.1) is 0 Å². The number of ether oxygens (including phenoxy) is 3. The lowest BCUT2D eigenvalue weighted by Crippen LogP contribution is -2.36. The number of rotatable bonds is 13. The molecule has 0 aromatic heterocycles. The molecule has 0 aromatic rings. The second kappa shape index (κ2) is 14.5. The van der Waals surface area contributed by atoms with Gasteiger partial charge in [-0.1, -0.05) is 42.8 Å². The minimum absolute atomic E-state index is 0.0607. The quantitative estimate of drug-likeness (QED) is 0.177. The zero-order chi connectivity index (χ0) is 25.7. The highest BCUT2D eigenvalue weighted by atomic mass is 35.5. The lowest BCUT2D eigenvalue weighted by molar-refractivity contribution is -0.162. The first kappa shape index (κ1) is 29.3. The van der Waals surface area contributed by atoms with Crippen molar-refractivity contribution in [3.63, 3.8) is 0 Å². The monoisotopic (exact) mass is 496 g/mol. The van der Waals surface area contributed by atoms with Gasteiger partial charge in [-0.3, -0.25) is 19.2 Å². The van der Waals surface area contributed by atoms with Gasteiger partial charge in [0.15, 0.2) is 6.10 Å². The predicted molar refractivity (Wildman–Crippen MR) is 127 cm³/mol. The Morgan fingerprint density at radius 1 is 1.12 bits per heavy atom. The molecule has 0 aliphatic heterocycles. The minimum Gasteiger partial charge on any atom is -0.469 e. The van der Waals surface area contributed by atoms with Gasteiger partial charge in [0.1, 0.15) is 11.7 Å². The van der Waals surface area contributed by atoms with Crippen LogP contribution in [0.25, 0.3) is 0 Å². The number of methoxy groups -OCH3 is 1. The Balaban J connectivity index is 3.23. The van der Waals surface area contributed by atoms with Crippen LogP contribution in [0.4, 0.5) is 0 Å². The van der Waals surface area contributed by atoms with E-state index in [1.54, 1.807) is 6.08 Å². The Morgan fingerprint density at radius 2 is 1.76 bits per heavy atom. The van der Waals surface area contributed by atoms with Crippen molar-refractivity contribution in [3.05, 3.63) is 47.1 Å². The highest BCUT2D eigenvalue weighted by molar-refractivity contribution is 6.46. The first-order chi connectivity index (χ1) is 16.0. The molecule has 0 fully saturated rings. The van der Waals surface area contributed by atoms with Crippen LogP contribution in [-0.4, -0.2) is 53.7 Å². The summed E-state index contributed by atoms with van der Waals surface area (Å²) in [6.07, 6.45) is 10.0. The second-order valence-corrected chi connectivity index (χ2v) is 8.21. The van der Waals surface area contributed by atoms with Crippen molar-refractivity contribution in [1.82, 2.24) is 0 Å². The summed E-state index contributed by atoms with van der Waals surface area (Å²) < 4.78 is 15.3. The Morgan fingerprint density at radius 3 is 2.35 bits per heavy atom. The molecule has 1 rings (SSSR count). The Kier molecular flexibility index (Phi) is 12.5. The summed E-state index contributed by atoms with van der Waals surface area (Å²) in [6, 6.07) is 0. The summed E-state index contributed by atoms with van der Waals surface area (Å²) in [5.41, 5.74) is -1.80. The van der Waals surface area contributed by atoms with E-state index in [0.717, 1.165) is 6.42 Å². The average Bonchev–Trinajstić information content (AvgIpc) is 2.97. The van der Waals surface area contributed by atoms with Gasteiger partial charge in [0.25, 0.3) is 0 Å². The molecule has 3 atom stereocenters. The fraction of sp³-hybridized carbons (Fsp3) is 0.520.